The summed E-state index contributed by atoms with van der Waals surface area (Å²) in [6.07, 6.45) is 1.12. The standard InChI is InChI=1S/C12H27ClO4S4Si.C4H4O3/c1-4-15-22(16-5-2,17-6-3)9-7-8-18-20-21-19-11-12(14)10-13;5-3-1-2-4(6)7-3/h12,14H,4-11H2,1-3H3;1-2H2. The van der Waals surface area contributed by atoms with Crippen LogP contribution in [0.3, 0.4) is 0 Å². The minimum Gasteiger partial charge on any atom is -0.393 e. The molecule has 1 heterocycles. The highest BCUT2D eigenvalue weighted by Crippen LogP contribution is 2.43. The second-order valence-electron chi connectivity index (χ2n) is 5.48. The van der Waals surface area contributed by atoms with Crippen molar-refractivity contribution in [3.63, 3.8) is 0 Å². The van der Waals surface area contributed by atoms with Gasteiger partial charge in [0.05, 0.1) is 18.9 Å². The van der Waals surface area contributed by atoms with Gasteiger partial charge in [0.1, 0.15) is 0 Å². The molecule has 0 bridgehead atoms. The van der Waals surface area contributed by atoms with E-state index in [9.17, 15) is 14.7 Å². The van der Waals surface area contributed by atoms with E-state index in [4.69, 9.17) is 24.9 Å². The molecule has 0 aromatic rings. The fourth-order valence-corrected chi connectivity index (χ4v) is 11.2. The van der Waals surface area contributed by atoms with Gasteiger partial charge in [-0.1, -0.05) is 21.6 Å². The first-order chi connectivity index (χ1) is 13.9. The molecule has 1 aliphatic heterocycles. The third-order valence-electron chi connectivity index (χ3n) is 3.13. The highest BCUT2D eigenvalue weighted by molar-refractivity contribution is 9.26. The molecule has 0 saturated carbocycles. The number of ether oxygens (including phenoxy) is 1. The van der Waals surface area contributed by atoms with Gasteiger partial charge in [0.25, 0.3) is 0 Å². The van der Waals surface area contributed by atoms with Crippen molar-refractivity contribution in [1.82, 2.24) is 0 Å². The van der Waals surface area contributed by atoms with Crippen LogP contribution in [0.2, 0.25) is 6.04 Å². The third-order valence-corrected chi connectivity index (χ3v) is 13.2. The van der Waals surface area contributed by atoms with Crippen LogP contribution in [-0.2, 0) is 27.6 Å². The second-order valence-corrected chi connectivity index (χ2v) is 14.7. The molecule has 0 aromatic heterocycles. The van der Waals surface area contributed by atoms with Crippen LogP contribution >= 0.6 is 52.8 Å². The molecule has 1 rings (SSSR count). The molecular formula is C16H31ClO7S4Si. The van der Waals surface area contributed by atoms with E-state index in [1.807, 2.05) is 31.6 Å². The average Bonchev–Trinajstić information content (AvgIpc) is 3.07. The van der Waals surface area contributed by atoms with E-state index >= 15 is 0 Å². The minimum atomic E-state index is -2.47. The lowest BCUT2D eigenvalue weighted by Crippen LogP contribution is -2.46. The van der Waals surface area contributed by atoms with Crippen LogP contribution in [0.1, 0.15) is 40.0 Å². The van der Waals surface area contributed by atoms with Gasteiger partial charge < -0.3 is 23.1 Å². The number of cyclic esters (lactones) is 2. The number of carbonyl (C=O) groups excluding carboxylic acids is 2. The maximum atomic E-state index is 10.0. The molecular weight excluding hydrogens is 496 g/mol. The van der Waals surface area contributed by atoms with Crippen LogP contribution in [0.5, 0.6) is 0 Å². The number of carbonyl (C=O) groups is 2. The molecule has 0 aliphatic carbocycles. The van der Waals surface area contributed by atoms with Crippen LogP contribution < -0.4 is 0 Å². The Bertz CT molecular complexity index is 420. The first kappa shape index (κ1) is 29.9. The SMILES string of the molecule is CCO[Si](CCCSSSSCC(O)CCl)(OCC)OCC.O=C1CCC(=O)O1. The molecule has 0 radical (unpaired) electrons. The number of halogens is 1. The summed E-state index contributed by atoms with van der Waals surface area (Å²) in [6.45, 7) is 7.82. The van der Waals surface area contributed by atoms with E-state index in [0.717, 1.165) is 18.2 Å². The summed E-state index contributed by atoms with van der Waals surface area (Å²) in [5.41, 5.74) is 0. The fraction of sp³-hybridized carbons (Fsp3) is 0.875. The van der Waals surface area contributed by atoms with Gasteiger partial charge in [0.15, 0.2) is 0 Å². The zero-order chi connectivity index (χ0) is 22.0. The van der Waals surface area contributed by atoms with Gasteiger partial charge in [0, 0.05) is 43.3 Å². The van der Waals surface area contributed by atoms with Gasteiger partial charge in [0.2, 0.25) is 0 Å². The molecule has 29 heavy (non-hydrogen) atoms. The predicted molar refractivity (Wildman–Crippen MR) is 127 cm³/mol. The largest absolute Gasteiger partial charge is 0.500 e. The molecule has 1 unspecified atom stereocenters. The molecule has 1 atom stereocenters. The predicted octanol–water partition coefficient (Wildman–Crippen LogP) is 4.55. The molecule has 13 heteroatoms. The summed E-state index contributed by atoms with van der Waals surface area (Å²) in [7, 11) is 4.38. The quantitative estimate of drug-likeness (QED) is 0.0766. The summed E-state index contributed by atoms with van der Waals surface area (Å²) in [5.74, 6) is 1.19. The summed E-state index contributed by atoms with van der Waals surface area (Å²) >= 11 is 5.54. The normalized spacial score (nSPS) is 15.1. The Morgan fingerprint density at radius 1 is 1.03 bits per heavy atom. The van der Waals surface area contributed by atoms with Crippen molar-refractivity contribution in [1.29, 1.82) is 0 Å². The number of esters is 2. The van der Waals surface area contributed by atoms with Crippen LogP contribution in [0.4, 0.5) is 0 Å². The van der Waals surface area contributed by atoms with Gasteiger partial charge >= 0.3 is 20.7 Å². The van der Waals surface area contributed by atoms with Gasteiger partial charge in [-0.2, -0.15) is 0 Å². The maximum absolute atomic E-state index is 10.0. The molecule has 0 spiro atoms. The number of rotatable bonds is 16. The van der Waals surface area contributed by atoms with E-state index in [0.29, 0.717) is 31.5 Å². The van der Waals surface area contributed by atoms with Crippen LogP contribution in [-0.4, -0.2) is 69.2 Å². The van der Waals surface area contributed by atoms with E-state index in [1.165, 1.54) is 0 Å². The maximum Gasteiger partial charge on any atom is 0.500 e. The average molecular weight is 527 g/mol. The Morgan fingerprint density at radius 3 is 1.97 bits per heavy atom. The Morgan fingerprint density at radius 2 is 1.55 bits per heavy atom. The van der Waals surface area contributed by atoms with Crippen molar-refractivity contribution in [2.75, 3.05) is 37.2 Å². The van der Waals surface area contributed by atoms with Crippen molar-refractivity contribution in [2.45, 2.75) is 52.2 Å². The first-order valence-electron chi connectivity index (χ1n) is 9.40. The molecule has 1 saturated heterocycles. The molecule has 1 N–H and O–H groups in total. The van der Waals surface area contributed by atoms with Crippen molar-refractivity contribution >= 4 is 73.6 Å². The summed E-state index contributed by atoms with van der Waals surface area (Å²) in [5, 5.41) is 9.32. The molecule has 0 amide bonds. The fourth-order valence-electron chi connectivity index (χ4n) is 2.01. The number of alkyl halides is 1. The molecule has 1 aliphatic rings. The van der Waals surface area contributed by atoms with Crippen LogP contribution in [0.25, 0.3) is 0 Å². The summed E-state index contributed by atoms with van der Waals surface area (Å²) in [6, 6.07) is 0.860. The van der Waals surface area contributed by atoms with Crippen molar-refractivity contribution < 1.29 is 32.7 Å². The number of hydrogen-bond acceptors (Lipinski definition) is 11. The van der Waals surface area contributed by atoms with Crippen molar-refractivity contribution in [2.24, 2.45) is 0 Å². The Kier molecular flexibility index (Phi) is 20.2. The number of hydrogen-bond donors (Lipinski definition) is 1. The van der Waals surface area contributed by atoms with Crippen molar-refractivity contribution in [3.8, 4) is 0 Å². The van der Waals surface area contributed by atoms with E-state index in [2.05, 4.69) is 4.74 Å². The first-order valence-corrected chi connectivity index (χ1v) is 17.0. The monoisotopic (exact) mass is 526 g/mol. The molecule has 172 valence electrons. The zero-order valence-corrected chi connectivity index (χ0v) is 22.1. The lowest BCUT2D eigenvalue weighted by molar-refractivity contribution is -0.151. The topological polar surface area (TPSA) is 91.3 Å². The lowest BCUT2D eigenvalue weighted by Gasteiger charge is -2.28. The second kappa shape index (κ2) is 19.6. The third kappa shape index (κ3) is 16.2. The smallest absolute Gasteiger partial charge is 0.393 e. The Hall–Kier alpha value is 0.887. The zero-order valence-electron chi connectivity index (χ0n) is 17.1. The Labute approximate surface area is 195 Å². The van der Waals surface area contributed by atoms with Crippen LogP contribution in [0, 0.1) is 0 Å². The minimum absolute atomic E-state index is 0.263. The van der Waals surface area contributed by atoms with E-state index in [-0.39, 0.29) is 12.8 Å². The highest BCUT2D eigenvalue weighted by atomic mass is 35.5. The van der Waals surface area contributed by atoms with Crippen LogP contribution in [0.15, 0.2) is 0 Å². The summed E-state index contributed by atoms with van der Waals surface area (Å²) < 4.78 is 21.6. The van der Waals surface area contributed by atoms with Gasteiger partial charge in [-0.05, 0) is 46.8 Å². The lowest BCUT2D eigenvalue weighted by atomic mass is 10.4. The molecule has 7 nitrogen and oxygen atoms in total. The Balaban J connectivity index is 0.000000929. The molecule has 1 fully saturated rings. The van der Waals surface area contributed by atoms with Gasteiger partial charge in [-0.15, -0.1) is 11.6 Å². The van der Waals surface area contributed by atoms with E-state index in [1.54, 1.807) is 30.4 Å². The molecule has 0 aromatic carbocycles. The van der Waals surface area contributed by atoms with Gasteiger partial charge in [-0.3, -0.25) is 9.59 Å². The van der Waals surface area contributed by atoms with E-state index < -0.39 is 26.8 Å². The highest BCUT2D eigenvalue weighted by Gasteiger charge is 2.39. The number of aliphatic hydroxyl groups is 1. The van der Waals surface area contributed by atoms with Gasteiger partial charge in [-0.25, -0.2) is 0 Å². The summed E-state index contributed by atoms with van der Waals surface area (Å²) in [4.78, 5) is 20.0. The number of aliphatic hydroxyl groups excluding tert-OH is 1. The van der Waals surface area contributed by atoms with Crippen molar-refractivity contribution in [3.05, 3.63) is 0 Å².